The van der Waals surface area contributed by atoms with Crippen LogP contribution in [0.15, 0.2) is 18.2 Å². The van der Waals surface area contributed by atoms with E-state index in [1.165, 1.54) is 25.7 Å². The van der Waals surface area contributed by atoms with Crippen LogP contribution in [-0.4, -0.2) is 13.1 Å². The first-order valence-electron chi connectivity index (χ1n) is 6.50. The average Bonchev–Trinajstić information content (AvgIpc) is 2.34. The van der Waals surface area contributed by atoms with Crippen molar-refractivity contribution in [3.63, 3.8) is 0 Å². The maximum Gasteiger partial charge on any atom is 0.0614 e. The number of nitrogen functional groups attached to an aromatic ring is 1. The van der Waals surface area contributed by atoms with Crippen LogP contribution in [0.2, 0.25) is 5.02 Å². The van der Waals surface area contributed by atoms with E-state index in [1.54, 1.807) is 0 Å². The van der Waals surface area contributed by atoms with Crippen molar-refractivity contribution in [3.05, 3.63) is 23.2 Å². The molecule has 94 valence electrons. The Balaban J connectivity index is 2.02. The van der Waals surface area contributed by atoms with Gasteiger partial charge < -0.3 is 10.6 Å². The van der Waals surface area contributed by atoms with Gasteiger partial charge in [0.2, 0.25) is 0 Å². The number of anilines is 2. The van der Waals surface area contributed by atoms with Crippen molar-refractivity contribution in [3.8, 4) is 0 Å². The highest BCUT2D eigenvalue weighted by atomic mass is 35.5. The number of benzene rings is 1. The van der Waals surface area contributed by atoms with Gasteiger partial charge in [-0.05, 0) is 37.0 Å². The van der Waals surface area contributed by atoms with Gasteiger partial charge in [-0.3, -0.25) is 0 Å². The van der Waals surface area contributed by atoms with Crippen molar-refractivity contribution in [2.24, 2.45) is 5.92 Å². The van der Waals surface area contributed by atoms with E-state index in [9.17, 15) is 0 Å². The molecular formula is C14H21ClN2. The molecule has 0 unspecified atom stereocenters. The lowest BCUT2D eigenvalue weighted by molar-refractivity contribution is 0.378. The molecule has 17 heavy (non-hydrogen) atoms. The summed E-state index contributed by atoms with van der Waals surface area (Å²) in [7, 11) is 0. The van der Waals surface area contributed by atoms with Crippen LogP contribution in [0.25, 0.3) is 0 Å². The summed E-state index contributed by atoms with van der Waals surface area (Å²) in [5.74, 6) is 0.900. The number of hydrogen-bond acceptors (Lipinski definition) is 2. The highest BCUT2D eigenvalue weighted by molar-refractivity contribution is 6.31. The van der Waals surface area contributed by atoms with Crippen LogP contribution in [0.5, 0.6) is 0 Å². The first kappa shape index (κ1) is 12.6. The van der Waals surface area contributed by atoms with Crippen LogP contribution in [0.1, 0.15) is 32.6 Å². The first-order chi connectivity index (χ1) is 8.20. The molecule has 0 atom stereocenters. The van der Waals surface area contributed by atoms with Crippen LogP contribution >= 0.6 is 11.6 Å². The van der Waals surface area contributed by atoms with Crippen LogP contribution in [0.3, 0.4) is 0 Å². The minimum atomic E-state index is 0.768. The molecule has 1 aliphatic rings. The van der Waals surface area contributed by atoms with Gasteiger partial charge in [0.15, 0.2) is 0 Å². The van der Waals surface area contributed by atoms with Crippen molar-refractivity contribution in [1.29, 1.82) is 0 Å². The molecule has 2 rings (SSSR count). The fourth-order valence-electron chi connectivity index (χ4n) is 2.66. The van der Waals surface area contributed by atoms with E-state index in [1.807, 2.05) is 18.2 Å². The van der Waals surface area contributed by atoms with Gasteiger partial charge in [-0.2, -0.15) is 0 Å². The lowest BCUT2D eigenvalue weighted by Gasteiger charge is -2.34. The van der Waals surface area contributed by atoms with Gasteiger partial charge in [-0.25, -0.2) is 0 Å². The maximum atomic E-state index is 6.03. The Morgan fingerprint density at radius 2 is 2.06 bits per heavy atom. The topological polar surface area (TPSA) is 29.3 Å². The molecule has 1 saturated heterocycles. The minimum absolute atomic E-state index is 0.768. The Labute approximate surface area is 109 Å². The number of halogens is 1. The third kappa shape index (κ3) is 3.06. The molecule has 3 heteroatoms. The Kier molecular flexibility index (Phi) is 4.16. The van der Waals surface area contributed by atoms with E-state index in [-0.39, 0.29) is 0 Å². The van der Waals surface area contributed by atoms with Crippen LogP contribution in [-0.2, 0) is 0 Å². The Morgan fingerprint density at radius 1 is 1.35 bits per heavy atom. The van der Waals surface area contributed by atoms with E-state index < -0.39 is 0 Å². The van der Waals surface area contributed by atoms with E-state index in [2.05, 4.69) is 11.8 Å². The molecule has 0 aromatic heterocycles. The summed E-state index contributed by atoms with van der Waals surface area (Å²) in [6.45, 7) is 4.48. The molecule has 1 aromatic rings. The lowest BCUT2D eigenvalue weighted by atomic mass is 9.92. The smallest absolute Gasteiger partial charge is 0.0614 e. The normalized spacial score (nSPS) is 17.4. The lowest BCUT2D eigenvalue weighted by Crippen LogP contribution is -2.34. The summed E-state index contributed by atoms with van der Waals surface area (Å²) >= 11 is 6.03. The summed E-state index contributed by atoms with van der Waals surface area (Å²) in [4.78, 5) is 2.37. The van der Waals surface area contributed by atoms with Crippen molar-refractivity contribution >= 4 is 23.0 Å². The maximum absolute atomic E-state index is 6.03. The highest BCUT2D eigenvalue weighted by Gasteiger charge is 2.20. The SMILES string of the molecule is CCCC1CCN(c2cc(Cl)ccc2N)CC1. The van der Waals surface area contributed by atoms with Crippen LogP contribution in [0, 0.1) is 5.92 Å². The van der Waals surface area contributed by atoms with Gasteiger partial charge in [0.1, 0.15) is 0 Å². The number of rotatable bonds is 3. The van der Waals surface area contributed by atoms with Gasteiger partial charge in [0.25, 0.3) is 0 Å². The molecular weight excluding hydrogens is 232 g/mol. The predicted octanol–water partition coefficient (Wildman–Crippen LogP) is 3.94. The zero-order valence-corrected chi connectivity index (χ0v) is 11.2. The fraction of sp³-hybridized carbons (Fsp3) is 0.571. The van der Waals surface area contributed by atoms with E-state index in [4.69, 9.17) is 17.3 Å². The molecule has 0 amide bonds. The van der Waals surface area contributed by atoms with Gasteiger partial charge in [0, 0.05) is 18.1 Å². The van der Waals surface area contributed by atoms with E-state index in [0.717, 1.165) is 35.4 Å². The molecule has 2 N–H and O–H groups in total. The summed E-state index contributed by atoms with van der Waals surface area (Å²) in [6.07, 6.45) is 5.21. The Bertz CT molecular complexity index is 370. The number of nitrogens with zero attached hydrogens (tertiary/aromatic N) is 1. The third-order valence-electron chi connectivity index (χ3n) is 3.64. The molecule has 1 aliphatic heterocycles. The van der Waals surface area contributed by atoms with Crippen molar-refractivity contribution in [1.82, 2.24) is 0 Å². The van der Waals surface area contributed by atoms with Gasteiger partial charge in [-0.1, -0.05) is 31.4 Å². The second-order valence-electron chi connectivity index (χ2n) is 4.92. The first-order valence-corrected chi connectivity index (χ1v) is 6.88. The molecule has 0 bridgehead atoms. The molecule has 0 radical (unpaired) electrons. The van der Waals surface area contributed by atoms with E-state index in [0.29, 0.717) is 0 Å². The molecule has 2 nitrogen and oxygen atoms in total. The monoisotopic (exact) mass is 252 g/mol. The molecule has 0 aliphatic carbocycles. The zero-order valence-electron chi connectivity index (χ0n) is 10.5. The molecule has 0 spiro atoms. The van der Waals surface area contributed by atoms with Crippen molar-refractivity contribution < 1.29 is 0 Å². The Morgan fingerprint density at radius 3 is 2.71 bits per heavy atom. The fourth-order valence-corrected chi connectivity index (χ4v) is 2.83. The largest absolute Gasteiger partial charge is 0.397 e. The summed E-state index contributed by atoms with van der Waals surface area (Å²) in [6, 6.07) is 5.73. The second kappa shape index (κ2) is 5.63. The Hall–Kier alpha value is -0.890. The quantitative estimate of drug-likeness (QED) is 0.826. The number of piperidine rings is 1. The molecule has 1 aromatic carbocycles. The minimum Gasteiger partial charge on any atom is -0.397 e. The zero-order chi connectivity index (χ0) is 12.3. The van der Waals surface area contributed by atoms with Gasteiger partial charge in [0.05, 0.1) is 11.4 Å². The van der Waals surface area contributed by atoms with Crippen molar-refractivity contribution in [2.45, 2.75) is 32.6 Å². The number of hydrogen-bond donors (Lipinski definition) is 1. The molecule has 1 heterocycles. The van der Waals surface area contributed by atoms with Gasteiger partial charge >= 0.3 is 0 Å². The molecule has 0 saturated carbocycles. The van der Waals surface area contributed by atoms with Crippen LogP contribution < -0.4 is 10.6 Å². The third-order valence-corrected chi connectivity index (χ3v) is 3.88. The number of nitrogens with two attached hydrogens (primary N) is 1. The summed E-state index contributed by atoms with van der Waals surface area (Å²) in [5.41, 5.74) is 7.95. The molecule has 1 fully saturated rings. The second-order valence-corrected chi connectivity index (χ2v) is 5.36. The standard InChI is InChI=1S/C14H21ClN2/c1-2-3-11-6-8-17(9-7-11)14-10-12(15)4-5-13(14)16/h4-5,10-11H,2-3,6-9,16H2,1H3. The van der Waals surface area contributed by atoms with Crippen LogP contribution in [0.4, 0.5) is 11.4 Å². The highest BCUT2D eigenvalue weighted by Crippen LogP contribution is 2.31. The predicted molar refractivity (Wildman–Crippen MR) is 75.7 cm³/mol. The van der Waals surface area contributed by atoms with Crippen molar-refractivity contribution in [2.75, 3.05) is 23.7 Å². The summed E-state index contributed by atoms with van der Waals surface area (Å²) in [5, 5.41) is 0.768. The van der Waals surface area contributed by atoms with Gasteiger partial charge in [-0.15, -0.1) is 0 Å². The average molecular weight is 253 g/mol. The van der Waals surface area contributed by atoms with E-state index >= 15 is 0 Å². The summed E-state index contributed by atoms with van der Waals surface area (Å²) < 4.78 is 0.